The lowest BCUT2D eigenvalue weighted by Crippen LogP contribution is -2.44. The average molecular weight is 459 g/mol. The number of nitrogens with zero attached hydrogens (tertiary/aromatic N) is 1. The molecule has 154 valence electrons. The molecule has 29 heavy (non-hydrogen) atoms. The van der Waals surface area contributed by atoms with Gasteiger partial charge in [0.1, 0.15) is 6.61 Å². The number of piperidine rings is 1. The van der Waals surface area contributed by atoms with Crippen molar-refractivity contribution in [1.82, 2.24) is 10.2 Å². The number of likely N-dealkylation sites (tertiary alicyclic amines) is 1. The number of halogens is 1. The molecule has 1 N–H and O–H groups in total. The zero-order valence-corrected chi connectivity index (χ0v) is 18.3. The Morgan fingerprint density at radius 1 is 1.28 bits per heavy atom. The highest BCUT2D eigenvalue weighted by atomic mass is 79.9. The van der Waals surface area contributed by atoms with E-state index in [1.165, 1.54) is 0 Å². The van der Waals surface area contributed by atoms with Gasteiger partial charge in [0.2, 0.25) is 0 Å². The fourth-order valence-corrected chi connectivity index (χ4v) is 4.07. The molecule has 1 amide bonds. The monoisotopic (exact) mass is 458 g/mol. The minimum atomic E-state index is 0.118. The third kappa shape index (κ3) is 5.61. The predicted octanol–water partition coefficient (Wildman–Crippen LogP) is 4.42. The molecule has 1 aliphatic heterocycles. The summed E-state index contributed by atoms with van der Waals surface area (Å²) in [7, 11) is 1.64. The quantitative estimate of drug-likeness (QED) is 0.594. The molecule has 0 aliphatic carbocycles. The summed E-state index contributed by atoms with van der Waals surface area (Å²) in [5.41, 5.74) is 1.87. The molecule has 0 saturated carbocycles. The van der Waals surface area contributed by atoms with E-state index in [4.69, 9.17) is 9.47 Å². The van der Waals surface area contributed by atoms with Crippen LogP contribution < -0.4 is 14.8 Å². The lowest BCUT2D eigenvalue weighted by Gasteiger charge is -2.32. The molecular weight excluding hydrogens is 432 g/mol. The Bertz CT molecular complexity index is 834. The first-order valence-corrected chi connectivity index (χ1v) is 10.6. The van der Waals surface area contributed by atoms with Gasteiger partial charge < -0.3 is 19.7 Å². The fourth-order valence-electron chi connectivity index (χ4n) is 3.47. The van der Waals surface area contributed by atoms with Crippen LogP contribution in [0.5, 0.6) is 11.5 Å². The van der Waals surface area contributed by atoms with E-state index in [0.29, 0.717) is 24.1 Å². The first-order valence-electron chi connectivity index (χ1n) is 9.80. The topological polar surface area (TPSA) is 50.8 Å². The van der Waals surface area contributed by atoms with Crippen molar-refractivity contribution in [3.63, 3.8) is 0 Å². The van der Waals surface area contributed by atoms with Gasteiger partial charge in [0.15, 0.2) is 11.5 Å². The Balaban J connectivity index is 1.53. The van der Waals surface area contributed by atoms with Crippen molar-refractivity contribution in [3.05, 3.63) is 70.7 Å². The normalized spacial score (nSPS) is 14.5. The average Bonchev–Trinajstić information content (AvgIpc) is 2.77. The van der Waals surface area contributed by atoms with E-state index >= 15 is 0 Å². The van der Waals surface area contributed by atoms with E-state index in [1.54, 1.807) is 13.2 Å². The van der Waals surface area contributed by atoms with Crippen molar-refractivity contribution in [3.8, 4) is 11.5 Å². The summed E-state index contributed by atoms with van der Waals surface area (Å²) in [6.45, 7) is 6.37. The van der Waals surface area contributed by atoms with Crippen LogP contribution in [0.4, 0.5) is 0 Å². The van der Waals surface area contributed by atoms with E-state index in [1.807, 2.05) is 47.4 Å². The van der Waals surface area contributed by atoms with Gasteiger partial charge in [0.25, 0.3) is 5.91 Å². The summed E-state index contributed by atoms with van der Waals surface area (Å²) in [4.78, 5) is 14.5. The van der Waals surface area contributed by atoms with Crippen molar-refractivity contribution in [1.29, 1.82) is 0 Å². The van der Waals surface area contributed by atoms with E-state index < -0.39 is 0 Å². The van der Waals surface area contributed by atoms with Crippen molar-refractivity contribution in [2.24, 2.45) is 0 Å². The summed E-state index contributed by atoms with van der Waals surface area (Å²) in [5, 5.41) is 3.61. The number of carbonyl (C=O) groups is 1. The standard InChI is InChI=1S/C23H27BrN2O3/c1-3-13-29-22-20(24)14-17(15-21(22)28-2)16-25-19-9-11-26(12-10-19)23(27)18-7-5-4-6-8-18/h3-8,14-15,19,25H,1,9-13,16H2,2H3. The zero-order chi connectivity index (χ0) is 20.6. The number of rotatable bonds is 8. The molecule has 2 aromatic rings. The van der Waals surface area contributed by atoms with Gasteiger partial charge in [-0.05, 0) is 58.6 Å². The summed E-state index contributed by atoms with van der Waals surface area (Å²) >= 11 is 3.57. The third-order valence-electron chi connectivity index (χ3n) is 5.03. The Morgan fingerprint density at radius 2 is 2.00 bits per heavy atom. The van der Waals surface area contributed by atoms with Crippen LogP contribution in [0.3, 0.4) is 0 Å². The molecule has 0 radical (unpaired) electrons. The number of amides is 1. The number of nitrogens with one attached hydrogen (secondary N) is 1. The second-order valence-electron chi connectivity index (χ2n) is 7.02. The van der Waals surface area contributed by atoms with E-state index in [-0.39, 0.29) is 5.91 Å². The van der Waals surface area contributed by atoms with Crippen molar-refractivity contribution < 1.29 is 14.3 Å². The van der Waals surface area contributed by atoms with Gasteiger partial charge in [0, 0.05) is 31.2 Å². The lowest BCUT2D eigenvalue weighted by molar-refractivity contribution is 0.0704. The number of hydrogen-bond donors (Lipinski definition) is 1. The molecule has 1 saturated heterocycles. The second-order valence-corrected chi connectivity index (χ2v) is 7.88. The van der Waals surface area contributed by atoms with Gasteiger partial charge in [-0.3, -0.25) is 4.79 Å². The van der Waals surface area contributed by atoms with E-state index in [2.05, 4.69) is 27.8 Å². The SMILES string of the molecule is C=CCOc1c(Br)cc(CNC2CCN(C(=O)c3ccccc3)CC2)cc1OC. The highest BCUT2D eigenvalue weighted by Crippen LogP contribution is 2.36. The Kier molecular flexibility index (Phi) is 7.72. The summed E-state index contributed by atoms with van der Waals surface area (Å²) in [6, 6.07) is 13.9. The lowest BCUT2D eigenvalue weighted by atomic mass is 10.0. The first kappa shape index (κ1) is 21.4. The smallest absolute Gasteiger partial charge is 0.253 e. The van der Waals surface area contributed by atoms with E-state index in [0.717, 1.165) is 48.1 Å². The highest BCUT2D eigenvalue weighted by molar-refractivity contribution is 9.10. The minimum absolute atomic E-state index is 0.118. The van der Waals surface area contributed by atoms with Crippen molar-refractivity contribution >= 4 is 21.8 Å². The largest absolute Gasteiger partial charge is 0.493 e. The molecule has 1 heterocycles. The fraction of sp³-hybridized carbons (Fsp3) is 0.348. The maximum Gasteiger partial charge on any atom is 0.253 e. The molecular formula is C23H27BrN2O3. The predicted molar refractivity (Wildman–Crippen MR) is 119 cm³/mol. The summed E-state index contributed by atoms with van der Waals surface area (Å²) in [5.74, 6) is 1.50. The van der Waals surface area contributed by atoms with Crippen LogP contribution in [0, 0.1) is 0 Å². The summed E-state index contributed by atoms with van der Waals surface area (Å²) in [6.07, 6.45) is 3.59. The molecule has 0 aromatic heterocycles. The molecule has 1 aliphatic rings. The van der Waals surface area contributed by atoms with Crippen LogP contribution in [0.2, 0.25) is 0 Å². The number of hydrogen-bond acceptors (Lipinski definition) is 4. The molecule has 2 aromatic carbocycles. The Hall–Kier alpha value is -2.31. The van der Waals surface area contributed by atoms with Crippen LogP contribution in [0.25, 0.3) is 0 Å². The highest BCUT2D eigenvalue weighted by Gasteiger charge is 2.23. The minimum Gasteiger partial charge on any atom is -0.493 e. The van der Waals surface area contributed by atoms with Crippen molar-refractivity contribution in [2.75, 3.05) is 26.8 Å². The van der Waals surface area contributed by atoms with E-state index in [9.17, 15) is 4.79 Å². The van der Waals surface area contributed by atoms with Crippen LogP contribution in [-0.2, 0) is 6.54 Å². The van der Waals surface area contributed by atoms with Gasteiger partial charge >= 0.3 is 0 Å². The van der Waals surface area contributed by atoms with Gasteiger partial charge in [-0.2, -0.15) is 0 Å². The van der Waals surface area contributed by atoms with Crippen LogP contribution >= 0.6 is 15.9 Å². The summed E-state index contributed by atoms with van der Waals surface area (Å²) < 4.78 is 12.0. The Labute approximate surface area is 180 Å². The maximum absolute atomic E-state index is 12.6. The molecule has 1 fully saturated rings. The molecule has 6 heteroatoms. The van der Waals surface area contributed by atoms with Crippen LogP contribution in [-0.4, -0.2) is 43.7 Å². The maximum atomic E-state index is 12.6. The first-order chi connectivity index (χ1) is 14.1. The van der Waals surface area contributed by atoms with Gasteiger partial charge in [-0.15, -0.1) is 0 Å². The van der Waals surface area contributed by atoms with Gasteiger partial charge in [-0.1, -0.05) is 30.9 Å². The molecule has 0 bridgehead atoms. The molecule has 0 spiro atoms. The van der Waals surface area contributed by atoms with Crippen molar-refractivity contribution in [2.45, 2.75) is 25.4 Å². The van der Waals surface area contributed by atoms with Crippen LogP contribution in [0.1, 0.15) is 28.8 Å². The molecule has 3 rings (SSSR count). The number of ether oxygens (including phenoxy) is 2. The number of methoxy groups -OCH3 is 1. The second kappa shape index (κ2) is 10.5. The Morgan fingerprint density at radius 3 is 2.66 bits per heavy atom. The van der Waals surface area contributed by atoms with Gasteiger partial charge in [0.05, 0.1) is 11.6 Å². The number of carbonyl (C=O) groups excluding carboxylic acids is 1. The number of benzene rings is 2. The molecule has 0 unspecified atom stereocenters. The van der Waals surface area contributed by atoms with Crippen LogP contribution in [0.15, 0.2) is 59.6 Å². The molecule has 0 atom stereocenters. The zero-order valence-electron chi connectivity index (χ0n) is 16.7. The van der Waals surface area contributed by atoms with Gasteiger partial charge in [-0.25, -0.2) is 0 Å². The molecule has 5 nitrogen and oxygen atoms in total. The third-order valence-corrected chi connectivity index (χ3v) is 5.62.